The first kappa shape index (κ1) is 6.75. The number of rotatable bonds is 0. The van der Waals surface area contributed by atoms with Crippen LogP contribution in [0.1, 0.15) is 10.5 Å². The molecule has 1 aromatic heterocycles. The standard InChI is InChI=1S/C6H5NO3S/c8-3-1-10-6-4(5(3)9)7-2-11-6/h2-3,8H,1H2. The van der Waals surface area contributed by atoms with Crippen molar-refractivity contribution in [2.75, 3.05) is 6.61 Å². The van der Waals surface area contributed by atoms with Crippen molar-refractivity contribution < 1.29 is 14.6 Å². The number of fused-ring (bicyclic) bond motifs is 1. The molecule has 2 heterocycles. The fourth-order valence-electron chi connectivity index (χ4n) is 0.890. The van der Waals surface area contributed by atoms with Gasteiger partial charge < -0.3 is 9.84 Å². The lowest BCUT2D eigenvalue weighted by molar-refractivity contribution is 0.0560. The molecule has 1 N–H and O–H groups in total. The molecule has 5 heteroatoms. The maximum absolute atomic E-state index is 11.1. The molecule has 0 aromatic carbocycles. The zero-order chi connectivity index (χ0) is 7.84. The van der Waals surface area contributed by atoms with Crippen molar-refractivity contribution >= 4 is 17.1 Å². The molecule has 0 saturated heterocycles. The minimum atomic E-state index is -1.04. The van der Waals surface area contributed by atoms with Crippen molar-refractivity contribution in [1.82, 2.24) is 4.98 Å². The normalized spacial score (nSPS) is 22.6. The van der Waals surface area contributed by atoms with Gasteiger partial charge in [0.15, 0.2) is 11.8 Å². The zero-order valence-corrected chi connectivity index (χ0v) is 6.30. The summed E-state index contributed by atoms with van der Waals surface area (Å²) in [5.74, 6) is -0.340. The summed E-state index contributed by atoms with van der Waals surface area (Å²) < 4.78 is 5.03. The Morgan fingerprint density at radius 1 is 1.82 bits per heavy atom. The molecule has 2 rings (SSSR count). The van der Waals surface area contributed by atoms with Crippen LogP contribution in [-0.4, -0.2) is 28.6 Å². The Morgan fingerprint density at radius 2 is 2.64 bits per heavy atom. The van der Waals surface area contributed by atoms with E-state index in [1.807, 2.05) is 0 Å². The van der Waals surface area contributed by atoms with Gasteiger partial charge in [-0.3, -0.25) is 4.79 Å². The molecule has 1 aliphatic rings. The summed E-state index contributed by atoms with van der Waals surface area (Å²) in [6.45, 7) is 0.0496. The Labute approximate surface area is 66.4 Å². The van der Waals surface area contributed by atoms with Gasteiger partial charge in [0.05, 0.1) is 5.51 Å². The van der Waals surface area contributed by atoms with Crippen LogP contribution in [0.4, 0.5) is 0 Å². The molecule has 0 aliphatic carbocycles. The first-order valence-corrected chi connectivity index (χ1v) is 3.95. The zero-order valence-electron chi connectivity index (χ0n) is 5.48. The Balaban J connectivity index is 2.46. The van der Waals surface area contributed by atoms with E-state index in [4.69, 9.17) is 9.84 Å². The Hall–Kier alpha value is -0.940. The number of aromatic nitrogens is 1. The smallest absolute Gasteiger partial charge is 0.217 e. The van der Waals surface area contributed by atoms with Gasteiger partial charge in [0.25, 0.3) is 0 Å². The second kappa shape index (κ2) is 2.28. The summed E-state index contributed by atoms with van der Waals surface area (Å²) in [6, 6.07) is 0. The molecular weight excluding hydrogens is 166 g/mol. The maximum atomic E-state index is 11.1. The molecular formula is C6H5NO3S. The number of carbonyl (C=O) groups is 1. The van der Waals surface area contributed by atoms with Crippen LogP contribution in [0, 0.1) is 0 Å². The first-order valence-electron chi connectivity index (χ1n) is 3.07. The average Bonchev–Trinajstić information content (AvgIpc) is 2.45. The molecule has 11 heavy (non-hydrogen) atoms. The van der Waals surface area contributed by atoms with E-state index >= 15 is 0 Å². The largest absolute Gasteiger partial charge is 0.479 e. The van der Waals surface area contributed by atoms with Gasteiger partial charge in [-0.15, -0.1) is 0 Å². The van der Waals surface area contributed by atoms with E-state index in [1.54, 1.807) is 0 Å². The third kappa shape index (κ3) is 0.928. The van der Waals surface area contributed by atoms with Crippen LogP contribution in [0.15, 0.2) is 5.51 Å². The summed E-state index contributed by atoms with van der Waals surface area (Å²) in [5, 5.41) is 9.55. The van der Waals surface area contributed by atoms with Crippen LogP contribution in [0.25, 0.3) is 0 Å². The van der Waals surface area contributed by atoms with Gasteiger partial charge in [-0.25, -0.2) is 4.98 Å². The number of hydrogen-bond acceptors (Lipinski definition) is 5. The number of aliphatic hydroxyl groups is 1. The van der Waals surface area contributed by atoms with E-state index in [0.717, 1.165) is 0 Å². The average molecular weight is 171 g/mol. The minimum Gasteiger partial charge on any atom is -0.479 e. The molecule has 0 bridgehead atoms. The maximum Gasteiger partial charge on any atom is 0.217 e. The Bertz CT molecular complexity index is 296. The van der Waals surface area contributed by atoms with Crippen LogP contribution in [0.5, 0.6) is 5.06 Å². The van der Waals surface area contributed by atoms with Crippen LogP contribution >= 0.6 is 11.3 Å². The van der Waals surface area contributed by atoms with Crippen molar-refractivity contribution in [1.29, 1.82) is 0 Å². The van der Waals surface area contributed by atoms with Crippen LogP contribution in [0.2, 0.25) is 0 Å². The Morgan fingerprint density at radius 3 is 3.45 bits per heavy atom. The van der Waals surface area contributed by atoms with E-state index in [9.17, 15) is 4.79 Å². The summed E-state index contributed by atoms with van der Waals surface area (Å²) in [5.41, 5.74) is 1.79. The number of aliphatic hydroxyl groups excluding tert-OH is 1. The predicted molar refractivity (Wildman–Crippen MR) is 37.9 cm³/mol. The molecule has 1 aromatic rings. The number of ether oxygens (including phenoxy) is 1. The third-order valence-electron chi connectivity index (χ3n) is 1.44. The van der Waals surface area contributed by atoms with E-state index in [1.165, 1.54) is 16.8 Å². The molecule has 0 spiro atoms. The van der Waals surface area contributed by atoms with Gasteiger partial charge >= 0.3 is 0 Å². The van der Waals surface area contributed by atoms with E-state index in [0.29, 0.717) is 5.06 Å². The molecule has 0 amide bonds. The van der Waals surface area contributed by atoms with Crippen LogP contribution in [-0.2, 0) is 0 Å². The molecule has 58 valence electrons. The van der Waals surface area contributed by atoms with Gasteiger partial charge in [0.2, 0.25) is 10.8 Å². The summed E-state index contributed by atoms with van der Waals surface area (Å²) in [6.07, 6.45) is -1.04. The molecule has 4 nitrogen and oxygen atoms in total. The number of Topliss-reactive ketones (excluding diaryl/α,β-unsaturated/α-hetero) is 1. The fourth-order valence-corrected chi connectivity index (χ4v) is 1.55. The molecule has 1 aliphatic heterocycles. The lowest BCUT2D eigenvalue weighted by Crippen LogP contribution is -2.32. The third-order valence-corrected chi connectivity index (χ3v) is 2.18. The number of nitrogens with zero attached hydrogens (tertiary/aromatic N) is 1. The summed E-state index contributed by atoms with van der Waals surface area (Å²) in [4.78, 5) is 14.9. The highest BCUT2D eigenvalue weighted by Gasteiger charge is 2.29. The minimum absolute atomic E-state index is 0.0496. The van der Waals surface area contributed by atoms with Gasteiger partial charge in [-0.1, -0.05) is 11.3 Å². The molecule has 1 unspecified atom stereocenters. The van der Waals surface area contributed by atoms with E-state index in [-0.39, 0.29) is 18.1 Å². The molecule has 0 radical (unpaired) electrons. The number of carbonyl (C=O) groups excluding carboxylic acids is 1. The monoisotopic (exact) mass is 171 g/mol. The van der Waals surface area contributed by atoms with Crippen LogP contribution < -0.4 is 4.74 Å². The van der Waals surface area contributed by atoms with Gasteiger partial charge in [-0.2, -0.15) is 0 Å². The highest BCUT2D eigenvalue weighted by atomic mass is 32.1. The molecule has 1 atom stereocenters. The van der Waals surface area contributed by atoms with E-state index in [2.05, 4.69) is 4.98 Å². The highest BCUT2D eigenvalue weighted by molar-refractivity contribution is 7.11. The highest BCUT2D eigenvalue weighted by Crippen LogP contribution is 2.27. The Kier molecular flexibility index (Phi) is 1.40. The van der Waals surface area contributed by atoms with Crippen molar-refractivity contribution in [3.05, 3.63) is 11.2 Å². The quantitative estimate of drug-likeness (QED) is 0.600. The van der Waals surface area contributed by atoms with Crippen molar-refractivity contribution in [2.45, 2.75) is 6.10 Å². The van der Waals surface area contributed by atoms with Gasteiger partial charge in [0, 0.05) is 0 Å². The number of thiazole rings is 1. The van der Waals surface area contributed by atoms with Crippen molar-refractivity contribution in [2.24, 2.45) is 0 Å². The predicted octanol–water partition coefficient (Wildman–Crippen LogP) is 0.0791. The van der Waals surface area contributed by atoms with Gasteiger partial charge in [0.1, 0.15) is 6.61 Å². The second-order valence-corrected chi connectivity index (χ2v) is 3.00. The first-order chi connectivity index (χ1) is 5.29. The lowest BCUT2D eigenvalue weighted by atomic mass is 10.1. The van der Waals surface area contributed by atoms with Crippen molar-refractivity contribution in [3.8, 4) is 5.06 Å². The fraction of sp³-hybridized carbons (Fsp3) is 0.333. The molecule has 0 saturated carbocycles. The van der Waals surface area contributed by atoms with Crippen molar-refractivity contribution in [3.63, 3.8) is 0 Å². The lowest BCUT2D eigenvalue weighted by Gasteiger charge is -2.15. The van der Waals surface area contributed by atoms with Crippen LogP contribution in [0.3, 0.4) is 0 Å². The topological polar surface area (TPSA) is 59.4 Å². The number of hydrogen-bond donors (Lipinski definition) is 1. The van der Waals surface area contributed by atoms with E-state index < -0.39 is 6.10 Å². The molecule has 0 fully saturated rings. The second-order valence-electron chi connectivity index (χ2n) is 2.18. The summed E-state index contributed by atoms with van der Waals surface area (Å²) in [7, 11) is 0. The van der Waals surface area contributed by atoms with Gasteiger partial charge in [-0.05, 0) is 0 Å². The number of ketones is 1. The summed E-state index contributed by atoms with van der Waals surface area (Å²) >= 11 is 1.27. The SMILES string of the molecule is O=C1c2ncsc2OCC1O.